The minimum absolute atomic E-state index is 0.0362. The molecular formula is C20H20N4O4S. The highest BCUT2D eigenvalue weighted by Gasteiger charge is 2.44. The van der Waals surface area contributed by atoms with E-state index in [1.165, 1.54) is 18.2 Å². The summed E-state index contributed by atoms with van der Waals surface area (Å²) in [5.41, 5.74) is 1.85. The van der Waals surface area contributed by atoms with Crippen molar-refractivity contribution in [2.24, 2.45) is 10.9 Å². The average molecular weight is 412 g/mol. The molecule has 1 saturated carbocycles. The average Bonchev–Trinajstić information content (AvgIpc) is 3.46. The lowest BCUT2D eigenvalue weighted by Crippen LogP contribution is -2.59. The molecule has 0 radical (unpaired) electrons. The van der Waals surface area contributed by atoms with Crippen molar-refractivity contribution in [3.63, 3.8) is 0 Å². The van der Waals surface area contributed by atoms with Crippen molar-refractivity contribution in [1.29, 1.82) is 0 Å². The number of methoxy groups -OCH3 is 1. The van der Waals surface area contributed by atoms with Gasteiger partial charge in [0.05, 0.1) is 7.11 Å². The van der Waals surface area contributed by atoms with E-state index in [1.807, 2.05) is 30.5 Å². The van der Waals surface area contributed by atoms with E-state index in [4.69, 9.17) is 17.0 Å². The van der Waals surface area contributed by atoms with Crippen LogP contribution in [0, 0.1) is 5.92 Å². The summed E-state index contributed by atoms with van der Waals surface area (Å²) in [6, 6.07) is 6.89. The van der Waals surface area contributed by atoms with Gasteiger partial charge in [-0.1, -0.05) is 18.2 Å². The van der Waals surface area contributed by atoms with E-state index in [2.05, 4.69) is 15.3 Å². The number of ether oxygens (including phenoxy) is 1. The molecule has 150 valence electrons. The summed E-state index contributed by atoms with van der Waals surface area (Å²) >= 11 is 5.12. The number of rotatable bonds is 6. The second-order valence-electron chi connectivity index (χ2n) is 7.11. The molecule has 1 aromatic heterocycles. The second kappa shape index (κ2) is 7.75. The normalized spacial score (nSPS) is 20.9. The van der Waals surface area contributed by atoms with E-state index >= 15 is 0 Å². The third-order valence-corrected chi connectivity index (χ3v) is 5.42. The monoisotopic (exact) mass is 412 g/mol. The number of carbonyl (C=O) groups excluding carboxylic acids is 3. The van der Waals surface area contributed by atoms with Crippen molar-refractivity contribution in [2.45, 2.75) is 31.3 Å². The van der Waals surface area contributed by atoms with Gasteiger partial charge in [-0.15, -0.1) is 0 Å². The maximum atomic E-state index is 12.7. The number of thiocarbonyl (C=S) groups is 1. The molecule has 0 bridgehead atoms. The first-order valence-corrected chi connectivity index (χ1v) is 9.74. The van der Waals surface area contributed by atoms with E-state index < -0.39 is 29.7 Å². The Morgan fingerprint density at radius 3 is 2.86 bits per heavy atom. The summed E-state index contributed by atoms with van der Waals surface area (Å²) in [4.78, 5) is 46.2. The molecule has 1 aliphatic heterocycles. The molecule has 2 heterocycles. The highest BCUT2D eigenvalue weighted by atomic mass is 32.1. The summed E-state index contributed by atoms with van der Waals surface area (Å²) in [5.74, 6) is -2.58. The maximum absolute atomic E-state index is 12.7. The van der Waals surface area contributed by atoms with Crippen LogP contribution >= 0.6 is 12.2 Å². The number of H-pyrrole nitrogens is 1. The molecule has 1 unspecified atom stereocenters. The highest BCUT2D eigenvalue weighted by Crippen LogP contribution is 2.29. The van der Waals surface area contributed by atoms with Gasteiger partial charge in [0, 0.05) is 35.8 Å². The van der Waals surface area contributed by atoms with Crippen LogP contribution in [-0.4, -0.2) is 58.2 Å². The van der Waals surface area contributed by atoms with Gasteiger partial charge in [0.1, 0.15) is 0 Å². The van der Waals surface area contributed by atoms with Gasteiger partial charge in [0.2, 0.25) is 11.8 Å². The molecule has 1 aromatic carbocycles. The minimum atomic E-state index is -1.11. The van der Waals surface area contributed by atoms with Crippen molar-refractivity contribution in [2.75, 3.05) is 7.11 Å². The number of fused-ring (bicyclic) bond motifs is 1. The molecule has 9 heteroatoms. The third kappa shape index (κ3) is 3.77. The predicted octanol–water partition coefficient (Wildman–Crippen LogP) is 1.34. The van der Waals surface area contributed by atoms with Crippen LogP contribution in [0.3, 0.4) is 0 Å². The molecule has 2 aromatic rings. The number of para-hydroxylation sites is 1. The predicted molar refractivity (Wildman–Crippen MR) is 110 cm³/mol. The topological polar surface area (TPSA) is 104 Å². The van der Waals surface area contributed by atoms with E-state index in [0.717, 1.165) is 29.3 Å². The molecule has 4 rings (SSSR count). The Morgan fingerprint density at radius 1 is 1.38 bits per heavy atom. The Hall–Kier alpha value is -3.07. The Kier molecular flexibility index (Phi) is 5.14. The lowest BCUT2D eigenvalue weighted by atomic mass is 10.0. The van der Waals surface area contributed by atoms with Crippen LogP contribution in [0.2, 0.25) is 0 Å². The lowest BCUT2D eigenvalue weighted by molar-refractivity contribution is -0.142. The Bertz CT molecular complexity index is 1030. The number of benzene rings is 1. The lowest BCUT2D eigenvalue weighted by Gasteiger charge is -2.31. The highest BCUT2D eigenvalue weighted by molar-refractivity contribution is 7.80. The quantitative estimate of drug-likeness (QED) is 0.323. The first-order chi connectivity index (χ1) is 14.0. The molecule has 2 atom stereocenters. The fourth-order valence-electron chi connectivity index (χ4n) is 3.45. The summed E-state index contributed by atoms with van der Waals surface area (Å²) in [5, 5.41) is 3.67. The SMILES string of the molecule is COC(=O)[C@H](Cc1c[nH]c2ccccc12)N=CC1C(=O)NC(=S)N(C2CC2)C1=O. The molecule has 1 saturated heterocycles. The van der Waals surface area contributed by atoms with Gasteiger partial charge in [-0.05, 0) is 36.7 Å². The molecule has 8 nitrogen and oxygen atoms in total. The number of hydrogen-bond acceptors (Lipinski definition) is 6. The minimum Gasteiger partial charge on any atom is -0.467 e. The largest absolute Gasteiger partial charge is 0.467 e. The Balaban J connectivity index is 1.56. The van der Waals surface area contributed by atoms with Gasteiger partial charge in [0.25, 0.3) is 0 Å². The number of amides is 2. The second-order valence-corrected chi connectivity index (χ2v) is 7.50. The number of aromatic nitrogens is 1. The van der Waals surface area contributed by atoms with E-state index in [1.54, 1.807) is 0 Å². The Labute approximate surface area is 172 Å². The van der Waals surface area contributed by atoms with E-state index in [0.29, 0.717) is 0 Å². The summed E-state index contributed by atoms with van der Waals surface area (Å²) in [6.45, 7) is 0. The fourth-order valence-corrected chi connectivity index (χ4v) is 3.79. The summed E-state index contributed by atoms with van der Waals surface area (Å²) in [7, 11) is 1.28. The molecule has 2 amide bonds. The molecular weight excluding hydrogens is 392 g/mol. The van der Waals surface area contributed by atoms with Crippen LogP contribution in [0.4, 0.5) is 0 Å². The van der Waals surface area contributed by atoms with Crippen LogP contribution in [0.5, 0.6) is 0 Å². The number of nitrogens with zero attached hydrogens (tertiary/aromatic N) is 2. The van der Waals surface area contributed by atoms with Gasteiger partial charge in [-0.3, -0.25) is 19.5 Å². The first kappa shape index (κ1) is 19.3. The van der Waals surface area contributed by atoms with Crippen molar-refractivity contribution >= 4 is 52.2 Å². The van der Waals surface area contributed by atoms with E-state index in [-0.39, 0.29) is 17.6 Å². The Morgan fingerprint density at radius 2 is 2.14 bits per heavy atom. The molecule has 29 heavy (non-hydrogen) atoms. The van der Waals surface area contributed by atoms with Crippen molar-refractivity contribution in [1.82, 2.24) is 15.2 Å². The number of aliphatic imine (C=N–C) groups is 1. The van der Waals surface area contributed by atoms with Crippen molar-refractivity contribution in [3.05, 3.63) is 36.0 Å². The van der Waals surface area contributed by atoms with Gasteiger partial charge in [-0.25, -0.2) is 4.79 Å². The van der Waals surface area contributed by atoms with Crippen LogP contribution < -0.4 is 5.32 Å². The molecule has 0 spiro atoms. The first-order valence-electron chi connectivity index (χ1n) is 9.33. The third-order valence-electron chi connectivity index (χ3n) is 5.12. The van der Waals surface area contributed by atoms with Gasteiger partial charge in [-0.2, -0.15) is 0 Å². The summed E-state index contributed by atoms with van der Waals surface area (Å²) < 4.78 is 4.87. The number of nitrogens with one attached hydrogen (secondary N) is 2. The number of esters is 1. The number of hydrogen-bond donors (Lipinski definition) is 2. The van der Waals surface area contributed by atoms with E-state index in [9.17, 15) is 14.4 Å². The van der Waals surface area contributed by atoms with Gasteiger partial charge < -0.3 is 15.0 Å². The van der Waals surface area contributed by atoms with Crippen molar-refractivity contribution < 1.29 is 19.1 Å². The smallest absolute Gasteiger partial charge is 0.330 e. The van der Waals surface area contributed by atoms with Gasteiger partial charge >= 0.3 is 5.97 Å². The van der Waals surface area contributed by atoms with Gasteiger partial charge in [0.15, 0.2) is 17.1 Å². The standard InChI is InChI=1S/C20H20N4O4S/c1-28-19(27)16(8-11-9-21-15-5-3-2-4-13(11)15)22-10-14-17(25)23-20(29)24(18(14)26)12-6-7-12/h2-5,9-10,12,14,16,21H,6-8H2,1H3,(H,23,25,29)/t14?,16-/m0/s1. The van der Waals surface area contributed by atoms with Crippen LogP contribution in [0.1, 0.15) is 18.4 Å². The zero-order valence-electron chi connectivity index (χ0n) is 15.8. The summed E-state index contributed by atoms with van der Waals surface area (Å²) in [6.07, 6.45) is 5.06. The zero-order valence-corrected chi connectivity index (χ0v) is 16.6. The van der Waals surface area contributed by atoms with Crippen LogP contribution in [0.15, 0.2) is 35.5 Å². The number of carbonyl (C=O) groups is 3. The maximum Gasteiger partial charge on any atom is 0.330 e. The molecule has 2 N–H and O–H groups in total. The molecule has 1 aliphatic carbocycles. The van der Waals surface area contributed by atoms with Crippen LogP contribution in [0.25, 0.3) is 10.9 Å². The fraction of sp³-hybridized carbons (Fsp3) is 0.350. The van der Waals surface area contributed by atoms with Crippen LogP contribution in [-0.2, 0) is 25.5 Å². The number of aromatic amines is 1. The van der Waals surface area contributed by atoms with Crippen molar-refractivity contribution in [3.8, 4) is 0 Å². The molecule has 2 aliphatic rings. The zero-order chi connectivity index (χ0) is 20.5. The molecule has 2 fully saturated rings.